The SMILES string of the molecule is CC(C)C[C@H](NC(=O)[C@H](CO)NC(=O)[C@H](Cc1ccccc1)NC(=O)[C@H](CCCCN)NC(=O)CN)C(=O)N[C@@H](CC(=O)O)C(=O)N[C@H](C(=O)N[C@@H](CC(=O)O)C(=O)N[C@@H](Cc1ccccc1)C(=O)N[C@H](C(=O)O)[C@@H](C)O)C(C)C. The number of hydrogen-bond donors (Lipinski definition) is 16. The van der Waals surface area contributed by atoms with Crippen LogP contribution >= 0.6 is 0 Å². The fraction of sp³-hybridized carbons (Fsp3) is 0.538. The summed E-state index contributed by atoms with van der Waals surface area (Å²) in [5, 5.41) is 70.7. The topological polar surface area (TPSA) is 466 Å². The maximum atomic E-state index is 14.0. The van der Waals surface area contributed by atoms with Gasteiger partial charge in [-0.25, -0.2) is 4.79 Å². The van der Waals surface area contributed by atoms with E-state index in [-0.39, 0.29) is 31.6 Å². The summed E-state index contributed by atoms with van der Waals surface area (Å²) >= 11 is 0. The van der Waals surface area contributed by atoms with Crippen LogP contribution in [0.25, 0.3) is 0 Å². The number of carboxylic acids is 3. The molecule has 28 heteroatoms. The molecule has 0 unspecified atom stereocenters. The highest BCUT2D eigenvalue weighted by molar-refractivity contribution is 6.00. The Balaban J connectivity index is 2.38. The molecule has 0 spiro atoms. The quantitative estimate of drug-likeness (QED) is 0.0289. The molecule has 0 aliphatic carbocycles. The van der Waals surface area contributed by atoms with Crippen LogP contribution in [0.1, 0.15) is 84.3 Å². The number of unbranched alkanes of at least 4 members (excludes halogenated alkanes) is 1. The van der Waals surface area contributed by atoms with Crippen LogP contribution < -0.4 is 59.3 Å². The second-order valence-corrected chi connectivity index (χ2v) is 19.7. The highest BCUT2D eigenvalue weighted by Gasteiger charge is 2.38. The minimum Gasteiger partial charge on any atom is -0.481 e. The lowest BCUT2D eigenvalue weighted by Crippen LogP contribution is -2.62. The Labute approximate surface area is 462 Å². The summed E-state index contributed by atoms with van der Waals surface area (Å²) in [5.74, 6) is -15.4. The van der Waals surface area contributed by atoms with Crippen molar-refractivity contribution in [2.75, 3.05) is 19.7 Å². The van der Waals surface area contributed by atoms with E-state index in [9.17, 15) is 83.1 Å². The lowest BCUT2D eigenvalue weighted by molar-refractivity contribution is -0.145. The number of aliphatic hydroxyl groups is 2. The average Bonchev–Trinajstić information content (AvgIpc) is 3.39. The molecule has 2 rings (SSSR count). The number of aliphatic carboxylic acids is 3. The molecule has 0 radical (unpaired) electrons. The molecule has 28 nitrogen and oxygen atoms in total. The van der Waals surface area contributed by atoms with E-state index in [4.69, 9.17) is 11.5 Å². The van der Waals surface area contributed by atoms with Gasteiger partial charge in [0.1, 0.15) is 48.3 Å². The smallest absolute Gasteiger partial charge is 0.328 e. The highest BCUT2D eigenvalue weighted by Crippen LogP contribution is 2.12. The summed E-state index contributed by atoms with van der Waals surface area (Å²) < 4.78 is 0. The molecule has 0 fully saturated rings. The summed E-state index contributed by atoms with van der Waals surface area (Å²) in [6, 6.07) is 1.60. The van der Waals surface area contributed by atoms with Gasteiger partial charge in [0, 0.05) is 12.8 Å². The van der Waals surface area contributed by atoms with Crippen molar-refractivity contribution >= 4 is 71.1 Å². The number of hydrogen-bond acceptors (Lipinski definition) is 16. The Morgan fingerprint density at radius 3 is 1.27 bits per heavy atom. The Morgan fingerprint density at radius 2 is 0.850 bits per heavy atom. The van der Waals surface area contributed by atoms with Gasteiger partial charge >= 0.3 is 17.9 Å². The average molecular weight is 1130 g/mol. The van der Waals surface area contributed by atoms with Crippen LogP contribution in [0.3, 0.4) is 0 Å². The van der Waals surface area contributed by atoms with Crippen molar-refractivity contribution in [3.8, 4) is 0 Å². The highest BCUT2D eigenvalue weighted by atomic mass is 16.4. The molecule has 442 valence electrons. The van der Waals surface area contributed by atoms with Crippen molar-refractivity contribution < 1.29 is 83.1 Å². The van der Waals surface area contributed by atoms with Crippen molar-refractivity contribution in [1.82, 2.24) is 47.9 Å². The van der Waals surface area contributed by atoms with Gasteiger partial charge in [0.15, 0.2) is 6.04 Å². The molecule has 2 aromatic carbocycles. The number of nitrogens with two attached hydrogens (primary N) is 2. The Hall–Kier alpha value is -8.08. The molecule has 0 aliphatic heterocycles. The molecule has 0 aliphatic rings. The van der Waals surface area contributed by atoms with Crippen LogP contribution in [0.4, 0.5) is 0 Å². The van der Waals surface area contributed by atoms with Gasteiger partial charge in [-0.2, -0.15) is 0 Å². The maximum absolute atomic E-state index is 14.0. The number of amides is 9. The van der Waals surface area contributed by atoms with E-state index < -0.39 is 163 Å². The van der Waals surface area contributed by atoms with Crippen LogP contribution in [-0.4, -0.2) is 177 Å². The zero-order valence-corrected chi connectivity index (χ0v) is 45.3. The third-order valence-corrected chi connectivity index (χ3v) is 12.1. The predicted molar refractivity (Wildman–Crippen MR) is 285 cm³/mol. The molecular weight excluding hydrogens is 1050 g/mol. The number of carboxylic acid groups (broad SMARTS) is 3. The molecule has 2 aromatic rings. The largest absolute Gasteiger partial charge is 0.481 e. The summed E-state index contributed by atoms with van der Waals surface area (Å²) in [4.78, 5) is 159. The molecule has 80 heavy (non-hydrogen) atoms. The molecule has 10 atom stereocenters. The first-order valence-electron chi connectivity index (χ1n) is 25.9. The summed E-state index contributed by atoms with van der Waals surface area (Å²) in [7, 11) is 0. The first-order valence-corrected chi connectivity index (χ1v) is 25.9. The lowest BCUT2D eigenvalue weighted by atomic mass is 10.00. The molecule has 0 aromatic heterocycles. The normalized spacial score (nSPS) is 14.8. The van der Waals surface area contributed by atoms with E-state index >= 15 is 0 Å². The van der Waals surface area contributed by atoms with Crippen LogP contribution in [0.2, 0.25) is 0 Å². The fourth-order valence-corrected chi connectivity index (χ4v) is 7.85. The summed E-state index contributed by atoms with van der Waals surface area (Å²) in [5.41, 5.74) is 12.1. The summed E-state index contributed by atoms with van der Waals surface area (Å²) in [6.07, 6.45) is -3.22. The van der Waals surface area contributed by atoms with Crippen molar-refractivity contribution in [1.29, 1.82) is 0 Å². The van der Waals surface area contributed by atoms with Crippen LogP contribution in [0.5, 0.6) is 0 Å². The molecule has 0 saturated heterocycles. The van der Waals surface area contributed by atoms with Gasteiger partial charge < -0.3 is 84.9 Å². The van der Waals surface area contributed by atoms with Gasteiger partial charge in [-0.05, 0) is 62.1 Å². The van der Waals surface area contributed by atoms with E-state index in [1.54, 1.807) is 74.5 Å². The number of rotatable bonds is 36. The second-order valence-electron chi connectivity index (χ2n) is 19.7. The monoisotopic (exact) mass is 1130 g/mol. The third kappa shape index (κ3) is 24.3. The second kappa shape index (κ2) is 34.7. The van der Waals surface area contributed by atoms with E-state index in [0.717, 1.165) is 6.92 Å². The van der Waals surface area contributed by atoms with Crippen molar-refractivity contribution in [2.24, 2.45) is 23.3 Å². The zero-order valence-electron chi connectivity index (χ0n) is 45.3. The minimum atomic E-state index is -1.96. The van der Waals surface area contributed by atoms with Crippen molar-refractivity contribution in [2.45, 2.75) is 146 Å². The molecular formula is C52H77N11O17. The molecule has 0 saturated carbocycles. The van der Waals surface area contributed by atoms with Crippen LogP contribution in [0, 0.1) is 11.8 Å². The predicted octanol–water partition coefficient (Wildman–Crippen LogP) is -3.97. The van der Waals surface area contributed by atoms with Crippen LogP contribution in [-0.2, 0) is 70.4 Å². The van der Waals surface area contributed by atoms with Gasteiger partial charge in [-0.1, -0.05) is 88.4 Å². The van der Waals surface area contributed by atoms with Gasteiger partial charge in [0.25, 0.3) is 0 Å². The molecule has 9 amide bonds. The first-order chi connectivity index (χ1) is 37.7. The van der Waals surface area contributed by atoms with Gasteiger partial charge in [0.2, 0.25) is 53.2 Å². The van der Waals surface area contributed by atoms with Crippen LogP contribution in [0.15, 0.2) is 60.7 Å². The van der Waals surface area contributed by atoms with E-state index in [1.165, 1.54) is 13.8 Å². The lowest BCUT2D eigenvalue weighted by Gasteiger charge is -2.29. The minimum absolute atomic E-state index is 0.124. The Morgan fingerprint density at radius 1 is 0.463 bits per heavy atom. The van der Waals surface area contributed by atoms with E-state index in [1.807, 2.05) is 0 Å². The number of nitrogens with one attached hydrogen (secondary N) is 9. The molecule has 0 bridgehead atoms. The Bertz CT molecular complexity index is 2430. The number of aliphatic hydroxyl groups excluding tert-OH is 2. The summed E-state index contributed by atoms with van der Waals surface area (Å²) in [6.45, 7) is 6.11. The Kier molecular flexibility index (Phi) is 29.5. The number of carbonyl (C=O) groups is 12. The molecule has 0 heterocycles. The number of benzene rings is 2. The van der Waals surface area contributed by atoms with Crippen molar-refractivity contribution in [3.05, 3.63) is 71.8 Å². The fourth-order valence-electron chi connectivity index (χ4n) is 7.85. The van der Waals surface area contributed by atoms with Gasteiger partial charge in [0.05, 0.1) is 32.1 Å². The number of carbonyl (C=O) groups excluding carboxylic acids is 9. The first kappa shape index (κ1) is 68.0. The zero-order chi connectivity index (χ0) is 60.2. The standard InChI is InChI=1S/C52H77N11O17/c1-27(2)20-33(56-50(77)38(26-64)61-46(73)34(21-30-14-8-6-9-15-30)57-44(71)32(18-12-13-19-53)55-39(66)25-54)45(72)59-37(24-41(69)70)49(76)62-42(28(3)4)51(78)60-36(23-40(67)68)47(74)58-35(22-31-16-10-7-11-17-31)48(75)63-43(29(5)65)52(79)80/h6-11,14-17,27-29,32-38,42-43,64-65H,12-13,18-26,53-54H2,1-5H3,(H,55,66)(H,56,77)(H,57,71)(H,58,74)(H,59,72)(H,60,78)(H,61,73)(H,62,76)(H,63,75)(H,67,68)(H,69,70)(H,79,80)/t29-,32+,33+,34+,35+,36+,37+,38+,42+,43+/m1/s1. The van der Waals surface area contributed by atoms with E-state index in [0.29, 0.717) is 30.5 Å². The van der Waals surface area contributed by atoms with Gasteiger partial charge in [-0.3, -0.25) is 52.7 Å². The maximum Gasteiger partial charge on any atom is 0.328 e. The van der Waals surface area contributed by atoms with Gasteiger partial charge in [-0.15, -0.1) is 0 Å². The molecule has 18 N–H and O–H groups in total. The van der Waals surface area contributed by atoms with E-state index in [2.05, 4.69) is 47.9 Å². The van der Waals surface area contributed by atoms with Crippen molar-refractivity contribution in [3.63, 3.8) is 0 Å². The third-order valence-electron chi connectivity index (χ3n) is 12.1.